The van der Waals surface area contributed by atoms with Gasteiger partial charge in [0.25, 0.3) is 0 Å². The molecule has 1 fully saturated rings. The lowest BCUT2D eigenvalue weighted by atomic mass is 10.2. The summed E-state index contributed by atoms with van der Waals surface area (Å²) in [6.45, 7) is 1.72. The van der Waals surface area contributed by atoms with Crippen LogP contribution in [-0.4, -0.2) is 39.7 Å². The van der Waals surface area contributed by atoms with Crippen LogP contribution in [0.5, 0.6) is 0 Å². The summed E-state index contributed by atoms with van der Waals surface area (Å²) in [6, 6.07) is 9.74. The molecular weight excluding hydrogens is 236 g/mol. The number of urea groups is 1. The molecule has 0 atom stereocenters. The van der Waals surface area contributed by atoms with Crippen LogP contribution in [0.15, 0.2) is 30.3 Å². The van der Waals surface area contributed by atoms with E-state index >= 15 is 0 Å². The van der Waals surface area contributed by atoms with Gasteiger partial charge in [0.05, 0.1) is 0 Å². The molecule has 1 heterocycles. The van der Waals surface area contributed by atoms with Gasteiger partial charge < -0.3 is 10.2 Å². The molecule has 1 aliphatic rings. The molecule has 1 aromatic carbocycles. The van der Waals surface area contributed by atoms with Gasteiger partial charge in [-0.15, -0.1) is 0 Å². The Labute approximate surface area is 103 Å². The number of carbonyl (C=O) groups is 1. The Morgan fingerprint density at radius 2 is 1.88 bits per heavy atom. The van der Waals surface area contributed by atoms with E-state index in [1.165, 1.54) is 0 Å². The monoisotopic (exact) mass is 252 g/mol. The first kappa shape index (κ1) is 12.1. The number of nitrogens with one attached hydrogen (secondary N) is 1. The molecule has 5 heteroatoms. The van der Waals surface area contributed by atoms with Crippen molar-refractivity contribution in [3.05, 3.63) is 35.9 Å². The Morgan fingerprint density at radius 1 is 1.24 bits per heavy atom. The van der Waals surface area contributed by atoms with E-state index < -0.39 is 10.8 Å². The minimum absolute atomic E-state index is 0.0643. The summed E-state index contributed by atoms with van der Waals surface area (Å²) >= 11 is 0. The van der Waals surface area contributed by atoms with Gasteiger partial charge in [-0.05, 0) is 5.56 Å². The van der Waals surface area contributed by atoms with Crippen LogP contribution in [-0.2, 0) is 17.3 Å². The van der Waals surface area contributed by atoms with Gasteiger partial charge in [-0.25, -0.2) is 4.79 Å². The second-order valence-corrected chi connectivity index (χ2v) is 5.68. The lowest BCUT2D eigenvalue weighted by Crippen LogP contribution is -2.46. The molecule has 0 bridgehead atoms. The van der Waals surface area contributed by atoms with E-state index in [0.29, 0.717) is 31.1 Å². The highest BCUT2D eigenvalue weighted by Crippen LogP contribution is 2.02. The van der Waals surface area contributed by atoms with E-state index in [-0.39, 0.29) is 6.03 Å². The third-order valence-electron chi connectivity index (χ3n) is 2.75. The molecule has 0 aromatic heterocycles. The summed E-state index contributed by atoms with van der Waals surface area (Å²) in [5.41, 5.74) is 1.08. The first-order valence-corrected chi connectivity index (χ1v) is 7.16. The summed E-state index contributed by atoms with van der Waals surface area (Å²) in [5, 5.41) is 2.87. The van der Waals surface area contributed by atoms with E-state index in [4.69, 9.17) is 0 Å². The summed E-state index contributed by atoms with van der Waals surface area (Å²) in [5.74, 6) is 1.19. The topological polar surface area (TPSA) is 49.4 Å². The number of hydrogen-bond donors (Lipinski definition) is 1. The van der Waals surface area contributed by atoms with Gasteiger partial charge in [0.1, 0.15) is 0 Å². The molecule has 92 valence electrons. The zero-order valence-corrected chi connectivity index (χ0v) is 10.4. The molecule has 2 amide bonds. The molecule has 1 aromatic rings. The molecular formula is C12H16N2O2S. The standard InChI is InChI=1S/C12H16N2O2S/c15-12(14-6-8-17(16)9-7-14)13-10-11-4-2-1-3-5-11/h1-5H,6-10H2,(H,13,15). The van der Waals surface area contributed by atoms with Crippen LogP contribution in [0, 0.1) is 0 Å². The molecule has 1 aliphatic heterocycles. The summed E-state index contributed by atoms with van der Waals surface area (Å²) in [6.07, 6.45) is 0. The van der Waals surface area contributed by atoms with Gasteiger partial charge in [-0.3, -0.25) is 4.21 Å². The SMILES string of the molecule is O=C(NCc1ccccc1)N1CCS(=O)CC1. The Morgan fingerprint density at radius 3 is 2.53 bits per heavy atom. The van der Waals surface area contributed by atoms with Gasteiger partial charge in [-0.1, -0.05) is 30.3 Å². The van der Waals surface area contributed by atoms with E-state index in [2.05, 4.69) is 5.32 Å². The van der Waals surface area contributed by atoms with Crippen LogP contribution in [0.3, 0.4) is 0 Å². The van der Waals surface area contributed by atoms with Crippen LogP contribution in [0.1, 0.15) is 5.56 Å². The van der Waals surface area contributed by atoms with Gasteiger partial charge in [0, 0.05) is 41.9 Å². The largest absolute Gasteiger partial charge is 0.334 e. The highest BCUT2D eigenvalue weighted by Gasteiger charge is 2.19. The van der Waals surface area contributed by atoms with Crippen molar-refractivity contribution in [3.63, 3.8) is 0 Å². The number of amides is 2. The molecule has 4 nitrogen and oxygen atoms in total. The minimum atomic E-state index is -0.739. The summed E-state index contributed by atoms with van der Waals surface area (Å²) < 4.78 is 11.2. The summed E-state index contributed by atoms with van der Waals surface area (Å²) in [4.78, 5) is 13.5. The van der Waals surface area contributed by atoms with E-state index in [1.54, 1.807) is 4.90 Å². The smallest absolute Gasteiger partial charge is 0.317 e. The average molecular weight is 252 g/mol. The fourth-order valence-corrected chi connectivity index (χ4v) is 2.78. The lowest BCUT2D eigenvalue weighted by molar-refractivity contribution is 0.202. The zero-order chi connectivity index (χ0) is 12.1. The second-order valence-electron chi connectivity index (χ2n) is 3.98. The van der Waals surface area contributed by atoms with Crippen molar-refractivity contribution >= 4 is 16.8 Å². The molecule has 17 heavy (non-hydrogen) atoms. The third kappa shape index (κ3) is 3.56. The lowest BCUT2D eigenvalue weighted by Gasteiger charge is -2.26. The van der Waals surface area contributed by atoms with E-state index in [0.717, 1.165) is 5.56 Å². The van der Waals surface area contributed by atoms with Gasteiger partial charge in [0.15, 0.2) is 0 Å². The Bertz CT molecular complexity index is 398. The van der Waals surface area contributed by atoms with Crippen molar-refractivity contribution in [2.45, 2.75) is 6.54 Å². The van der Waals surface area contributed by atoms with Crippen LogP contribution in [0.25, 0.3) is 0 Å². The quantitative estimate of drug-likeness (QED) is 0.852. The van der Waals surface area contributed by atoms with Crippen molar-refractivity contribution in [1.29, 1.82) is 0 Å². The third-order valence-corrected chi connectivity index (χ3v) is 4.03. The molecule has 1 saturated heterocycles. The van der Waals surface area contributed by atoms with Crippen molar-refractivity contribution < 1.29 is 9.00 Å². The van der Waals surface area contributed by atoms with Crippen LogP contribution in [0.2, 0.25) is 0 Å². The molecule has 0 spiro atoms. The number of carbonyl (C=O) groups excluding carboxylic acids is 1. The highest BCUT2D eigenvalue weighted by molar-refractivity contribution is 7.85. The van der Waals surface area contributed by atoms with E-state index in [9.17, 15) is 9.00 Å². The minimum Gasteiger partial charge on any atom is -0.334 e. The van der Waals surface area contributed by atoms with Crippen LogP contribution < -0.4 is 5.32 Å². The highest BCUT2D eigenvalue weighted by atomic mass is 32.2. The number of benzene rings is 1. The second kappa shape index (κ2) is 5.82. The zero-order valence-electron chi connectivity index (χ0n) is 9.59. The normalized spacial score (nSPS) is 16.8. The van der Waals surface area contributed by atoms with Gasteiger partial charge in [-0.2, -0.15) is 0 Å². The van der Waals surface area contributed by atoms with Crippen LogP contribution in [0.4, 0.5) is 4.79 Å². The first-order chi connectivity index (χ1) is 8.25. The number of nitrogens with zero attached hydrogens (tertiary/aromatic N) is 1. The average Bonchev–Trinajstić information content (AvgIpc) is 2.38. The first-order valence-electron chi connectivity index (χ1n) is 5.67. The molecule has 1 N–H and O–H groups in total. The molecule has 0 saturated carbocycles. The predicted molar refractivity (Wildman–Crippen MR) is 68.1 cm³/mol. The number of rotatable bonds is 2. The summed E-state index contributed by atoms with van der Waals surface area (Å²) in [7, 11) is -0.739. The van der Waals surface area contributed by atoms with Crippen LogP contribution >= 0.6 is 0 Å². The maximum Gasteiger partial charge on any atom is 0.317 e. The maximum absolute atomic E-state index is 11.8. The van der Waals surface area contributed by atoms with Crippen molar-refractivity contribution in [2.24, 2.45) is 0 Å². The van der Waals surface area contributed by atoms with Gasteiger partial charge >= 0.3 is 6.03 Å². The predicted octanol–water partition coefficient (Wildman–Crippen LogP) is 0.961. The van der Waals surface area contributed by atoms with E-state index in [1.807, 2.05) is 30.3 Å². The van der Waals surface area contributed by atoms with Crippen molar-refractivity contribution in [2.75, 3.05) is 24.6 Å². The van der Waals surface area contributed by atoms with Crippen molar-refractivity contribution in [1.82, 2.24) is 10.2 Å². The molecule has 0 unspecified atom stereocenters. The Balaban J connectivity index is 1.80. The number of hydrogen-bond acceptors (Lipinski definition) is 2. The molecule has 0 aliphatic carbocycles. The fourth-order valence-electron chi connectivity index (χ4n) is 1.73. The Hall–Kier alpha value is -1.36. The Kier molecular flexibility index (Phi) is 4.14. The van der Waals surface area contributed by atoms with Gasteiger partial charge in [0.2, 0.25) is 0 Å². The fraction of sp³-hybridized carbons (Fsp3) is 0.417. The van der Waals surface area contributed by atoms with Crippen molar-refractivity contribution in [3.8, 4) is 0 Å². The molecule has 2 rings (SSSR count). The molecule has 0 radical (unpaired) electrons. The maximum atomic E-state index is 11.8.